The molecule has 0 saturated carbocycles. The minimum atomic E-state index is -4.92. The van der Waals surface area contributed by atoms with Crippen molar-refractivity contribution in [3.63, 3.8) is 0 Å². The van der Waals surface area contributed by atoms with Gasteiger partial charge in [0.25, 0.3) is 5.91 Å². The van der Waals surface area contributed by atoms with Crippen molar-refractivity contribution in [2.45, 2.75) is 25.7 Å². The summed E-state index contributed by atoms with van der Waals surface area (Å²) in [5, 5.41) is 5.63. The maximum atomic E-state index is 14.8. The normalized spacial score (nSPS) is 17.2. The number of hydrogen-bond acceptors (Lipinski definition) is 7. The van der Waals surface area contributed by atoms with Gasteiger partial charge in [0.05, 0.1) is 17.4 Å². The van der Waals surface area contributed by atoms with Crippen LogP contribution in [0.3, 0.4) is 0 Å². The third-order valence-corrected chi connectivity index (χ3v) is 6.68. The molecule has 1 saturated heterocycles. The lowest BCUT2D eigenvalue weighted by atomic mass is 9.93. The van der Waals surface area contributed by atoms with Crippen LogP contribution in [0.25, 0.3) is 11.3 Å². The number of halogens is 4. The van der Waals surface area contributed by atoms with Gasteiger partial charge in [0.2, 0.25) is 5.95 Å². The third kappa shape index (κ3) is 5.21. The number of alkyl halides is 3. The fourth-order valence-electron chi connectivity index (χ4n) is 4.68. The number of fused-ring (bicyclic) bond motifs is 1. The van der Waals surface area contributed by atoms with Crippen LogP contribution in [-0.2, 0) is 5.54 Å². The van der Waals surface area contributed by atoms with Crippen LogP contribution in [-0.4, -0.2) is 60.4 Å². The number of ether oxygens (including phenoxy) is 1. The Kier molecular flexibility index (Phi) is 6.38. The minimum absolute atomic E-state index is 0.0219. The molecule has 0 atom stereocenters. The summed E-state index contributed by atoms with van der Waals surface area (Å²) in [6, 6.07) is 9.23. The molecule has 2 aromatic carbocycles. The number of piperazine rings is 1. The molecular formula is C26H26F4N6O2. The van der Waals surface area contributed by atoms with Crippen LogP contribution < -0.4 is 20.3 Å². The fourth-order valence-corrected chi connectivity index (χ4v) is 4.68. The molecule has 200 valence electrons. The average Bonchev–Trinajstić information content (AvgIpc) is 3.08. The number of rotatable bonds is 5. The highest BCUT2D eigenvalue weighted by Crippen LogP contribution is 2.37. The van der Waals surface area contributed by atoms with E-state index in [1.807, 2.05) is 20.9 Å². The highest BCUT2D eigenvalue weighted by Gasteiger charge is 2.35. The molecule has 38 heavy (non-hydrogen) atoms. The van der Waals surface area contributed by atoms with E-state index in [0.717, 1.165) is 24.8 Å². The van der Waals surface area contributed by atoms with E-state index in [1.165, 1.54) is 12.1 Å². The maximum Gasteiger partial charge on any atom is 0.573 e. The zero-order chi connectivity index (χ0) is 27.2. The summed E-state index contributed by atoms with van der Waals surface area (Å²) in [5.41, 5.74) is 1.52. The maximum absolute atomic E-state index is 14.8. The summed E-state index contributed by atoms with van der Waals surface area (Å²) < 4.78 is 58.4. The van der Waals surface area contributed by atoms with E-state index in [4.69, 9.17) is 0 Å². The smallest absolute Gasteiger partial charge is 0.404 e. The second kappa shape index (κ2) is 9.43. The molecule has 1 amide bonds. The highest BCUT2D eigenvalue weighted by atomic mass is 19.4. The van der Waals surface area contributed by atoms with Gasteiger partial charge in [-0.15, -0.1) is 13.2 Å². The van der Waals surface area contributed by atoms with Gasteiger partial charge in [-0.2, -0.15) is 0 Å². The highest BCUT2D eigenvalue weighted by molar-refractivity contribution is 6.01. The molecule has 2 aliphatic heterocycles. The van der Waals surface area contributed by atoms with Crippen molar-refractivity contribution in [1.29, 1.82) is 0 Å². The van der Waals surface area contributed by atoms with E-state index >= 15 is 0 Å². The van der Waals surface area contributed by atoms with Gasteiger partial charge in [-0.1, -0.05) is 12.1 Å². The van der Waals surface area contributed by atoms with Crippen LogP contribution in [0.2, 0.25) is 0 Å². The van der Waals surface area contributed by atoms with Crippen LogP contribution in [0.15, 0.2) is 42.6 Å². The zero-order valence-corrected chi connectivity index (χ0v) is 21.0. The van der Waals surface area contributed by atoms with E-state index in [-0.39, 0.29) is 23.2 Å². The predicted octanol–water partition coefficient (Wildman–Crippen LogP) is 4.66. The van der Waals surface area contributed by atoms with Gasteiger partial charge in [-0.25, -0.2) is 14.4 Å². The molecular weight excluding hydrogens is 504 g/mol. The molecule has 12 heteroatoms. The summed E-state index contributed by atoms with van der Waals surface area (Å²) in [6.07, 6.45) is -3.99. The van der Waals surface area contributed by atoms with Gasteiger partial charge >= 0.3 is 6.36 Å². The van der Waals surface area contributed by atoms with E-state index in [0.29, 0.717) is 29.9 Å². The predicted molar refractivity (Wildman–Crippen MR) is 134 cm³/mol. The molecule has 5 rings (SSSR count). The van der Waals surface area contributed by atoms with Crippen LogP contribution in [0.5, 0.6) is 5.75 Å². The first-order chi connectivity index (χ1) is 17.9. The van der Waals surface area contributed by atoms with Gasteiger partial charge < -0.3 is 25.2 Å². The standard InChI is InChI=1S/C26H26F4N6O2/c1-25(2)18-6-4-15(12-17(18)23(37)34-25)22-19(27)14-31-24(33-22)32-20-13-16(36-10-8-35(3)9-11-36)5-7-21(20)38-26(28,29)30/h4-7,12-14H,8-11H2,1-3H3,(H,34,37)(H,31,32,33). The van der Waals surface area contributed by atoms with E-state index in [9.17, 15) is 22.4 Å². The van der Waals surface area contributed by atoms with Crippen LogP contribution in [0.4, 0.5) is 34.9 Å². The molecule has 0 aliphatic carbocycles. The first kappa shape index (κ1) is 25.7. The second-order valence-electron chi connectivity index (χ2n) is 9.87. The SMILES string of the molecule is CN1CCN(c2ccc(OC(F)(F)F)c(Nc3ncc(F)c(-c4ccc5c(c4)C(=O)NC5(C)C)n3)c2)CC1. The number of carbonyl (C=O) groups is 1. The Morgan fingerprint density at radius 3 is 2.53 bits per heavy atom. The molecule has 0 radical (unpaired) electrons. The molecule has 1 aromatic heterocycles. The fraction of sp³-hybridized carbons (Fsp3) is 0.346. The van der Waals surface area contributed by atoms with Gasteiger partial charge in [-0.05, 0) is 50.7 Å². The van der Waals surface area contributed by atoms with Crippen molar-refractivity contribution >= 4 is 23.2 Å². The molecule has 0 spiro atoms. The minimum Gasteiger partial charge on any atom is -0.404 e. The molecule has 8 nitrogen and oxygen atoms in total. The average molecular weight is 531 g/mol. The van der Waals surface area contributed by atoms with Crippen LogP contribution in [0.1, 0.15) is 29.8 Å². The number of aromatic nitrogens is 2. The Morgan fingerprint density at radius 2 is 1.82 bits per heavy atom. The summed E-state index contributed by atoms with van der Waals surface area (Å²) >= 11 is 0. The number of carbonyl (C=O) groups excluding carboxylic acids is 1. The van der Waals surface area contributed by atoms with E-state index in [1.54, 1.807) is 24.3 Å². The van der Waals surface area contributed by atoms with Gasteiger partial charge in [0, 0.05) is 43.0 Å². The Bertz CT molecular complexity index is 1390. The van der Waals surface area contributed by atoms with Crippen molar-refractivity contribution in [1.82, 2.24) is 20.2 Å². The van der Waals surface area contributed by atoms with E-state index in [2.05, 4.69) is 35.1 Å². The summed E-state index contributed by atoms with van der Waals surface area (Å²) in [6.45, 7) is 6.75. The molecule has 3 aromatic rings. The number of anilines is 3. The van der Waals surface area contributed by atoms with Crippen LogP contribution >= 0.6 is 0 Å². The molecule has 2 N–H and O–H groups in total. The quantitative estimate of drug-likeness (QED) is 0.465. The number of likely N-dealkylation sites (N-methyl/N-ethyl adjacent to an activating group) is 1. The van der Waals surface area contributed by atoms with Gasteiger partial charge in [0.1, 0.15) is 5.69 Å². The monoisotopic (exact) mass is 530 g/mol. The van der Waals surface area contributed by atoms with Gasteiger partial charge in [0.15, 0.2) is 11.6 Å². The number of nitrogens with one attached hydrogen (secondary N) is 2. The summed E-state index contributed by atoms with van der Waals surface area (Å²) in [5.74, 6) is -1.63. The number of amides is 1. The third-order valence-electron chi connectivity index (χ3n) is 6.68. The molecule has 0 bridgehead atoms. The van der Waals surface area contributed by atoms with Crippen molar-refractivity contribution in [2.75, 3.05) is 43.4 Å². The lowest BCUT2D eigenvalue weighted by molar-refractivity contribution is -0.274. The molecule has 1 fully saturated rings. The van der Waals surface area contributed by atoms with Crippen molar-refractivity contribution in [3.05, 3.63) is 59.5 Å². The Balaban J connectivity index is 1.49. The summed E-state index contributed by atoms with van der Waals surface area (Å²) in [7, 11) is 2.00. The largest absolute Gasteiger partial charge is 0.573 e. The number of hydrogen-bond donors (Lipinski definition) is 2. The van der Waals surface area contributed by atoms with Crippen LogP contribution in [0, 0.1) is 5.82 Å². The van der Waals surface area contributed by atoms with Crippen molar-refractivity contribution < 1.29 is 27.1 Å². The van der Waals surface area contributed by atoms with Crippen molar-refractivity contribution in [3.8, 4) is 17.0 Å². The zero-order valence-electron chi connectivity index (χ0n) is 21.0. The first-order valence-electron chi connectivity index (χ1n) is 12.0. The lowest BCUT2D eigenvalue weighted by Crippen LogP contribution is -2.44. The lowest BCUT2D eigenvalue weighted by Gasteiger charge is -2.34. The Labute approximate surface area is 216 Å². The molecule has 0 unspecified atom stereocenters. The number of nitrogens with zero attached hydrogens (tertiary/aromatic N) is 4. The topological polar surface area (TPSA) is 82.6 Å². The van der Waals surface area contributed by atoms with E-state index < -0.39 is 23.5 Å². The van der Waals surface area contributed by atoms with Crippen molar-refractivity contribution in [2.24, 2.45) is 0 Å². The van der Waals surface area contributed by atoms with Gasteiger partial charge in [-0.3, -0.25) is 4.79 Å². The molecule has 2 aliphatic rings. The first-order valence-corrected chi connectivity index (χ1v) is 12.0. The molecule has 3 heterocycles. The number of benzene rings is 2. The Morgan fingerprint density at radius 1 is 1.08 bits per heavy atom. The summed E-state index contributed by atoms with van der Waals surface area (Å²) in [4.78, 5) is 24.8. The second-order valence-corrected chi connectivity index (χ2v) is 9.87. The Hall–Kier alpha value is -3.93.